The molecule has 39 heavy (non-hydrogen) atoms. The van der Waals surface area contributed by atoms with Crippen molar-refractivity contribution < 1.29 is 23.8 Å². The zero-order chi connectivity index (χ0) is 27.2. The number of rotatable bonds is 8. The number of hydrogen-bond acceptors (Lipinski definition) is 5. The van der Waals surface area contributed by atoms with Crippen LogP contribution < -0.4 is 4.74 Å². The Hall–Kier alpha value is -4.58. The second-order valence-corrected chi connectivity index (χ2v) is 9.68. The number of nitrogens with zero attached hydrogens (tertiary/aromatic N) is 1. The van der Waals surface area contributed by atoms with Crippen LogP contribution in [0.3, 0.4) is 0 Å². The van der Waals surface area contributed by atoms with Crippen LogP contribution in [0, 0.1) is 13.8 Å². The summed E-state index contributed by atoms with van der Waals surface area (Å²) >= 11 is 0. The van der Waals surface area contributed by atoms with Gasteiger partial charge in [-0.2, -0.15) is 0 Å². The predicted molar refractivity (Wildman–Crippen MR) is 148 cm³/mol. The number of benzene rings is 4. The van der Waals surface area contributed by atoms with E-state index in [2.05, 4.69) is 0 Å². The third kappa shape index (κ3) is 6.12. The van der Waals surface area contributed by atoms with E-state index in [9.17, 15) is 9.59 Å². The average Bonchev–Trinajstić information content (AvgIpc) is 3.30. The lowest BCUT2D eigenvalue weighted by molar-refractivity contribution is -0.142. The number of aryl methyl sites for hydroxylation is 2. The Labute approximate surface area is 228 Å². The quantitative estimate of drug-likeness (QED) is 0.242. The second-order valence-electron chi connectivity index (χ2n) is 9.68. The molecular weight excluding hydrogens is 490 g/mol. The van der Waals surface area contributed by atoms with E-state index in [0.717, 1.165) is 33.6 Å². The van der Waals surface area contributed by atoms with E-state index in [4.69, 9.17) is 14.2 Å². The van der Waals surface area contributed by atoms with Crippen LogP contribution in [0.5, 0.6) is 5.75 Å². The molecule has 0 aromatic heterocycles. The third-order valence-electron chi connectivity index (χ3n) is 6.90. The number of cyclic esters (lactones) is 1. The van der Waals surface area contributed by atoms with Crippen LogP contribution in [-0.2, 0) is 33.9 Å². The van der Waals surface area contributed by atoms with Crippen LogP contribution in [0.4, 0.5) is 4.79 Å². The molecule has 4 aromatic rings. The van der Waals surface area contributed by atoms with Crippen LogP contribution in [0.1, 0.15) is 39.6 Å². The molecule has 1 saturated heterocycles. The van der Waals surface area contributed by atoms with Crippen molar-refractivity contribution in [2.45, 2.75) is 45.8 Å². The Morgan fingerprint density at radius 1 is 0.795 bits per heavy atom. The summed E-state index contributed by atoms with van der Waals surface area (Å²) in [5, 5.41) is 0. The molecule has 4 aromatic carbocycles. The predicted octanol–water partition coefficient (Wildman–Crippen LogP) is 6.69. The summed E-state index contributed by atoms with van der Waals surface area (Å²) in [6.07, 6.45) is -1.15. The maximum atomic E-state index is 13.4. The van der Waals surface area contributed by atoms with Crippen molar-refractivity contribution in [3.05, 3.63) is 137 Å². The topological polar surface area (TPSA) is 65.1 Å². The molecular formula is C33H31NO5. The maximum absolute atomic E-state index is 13.4. The molecule has 6 nitrogen and oxygen atoms in total. The molecule has 1 aliphatic heterocycles. The minimum absolute atomic E-state index is 0.101. The summed E-state index contributed by atoms with van der Waals surface area (Å²) in [5.41, 5.74) is 5.59. The smallest absolute Gasteiger partial charge is 0.414 e. The van der Waals surface area contributed by atoms with Gasteiger partial charge in [0.05, 0.1) is 0 Å². The summed E-state index contributed by atoms with van der Waals surface area (Å²) in [6, 6.07) is 31.8. The summed E-state index contributed by atoms with van der Waals surface area (Å²) in [7, 11) is 0. The number of ether oxygens (including phenoxy) is 3. The monoisotopic (exact) mass is 521 g/mol. The lowest BCUT2D eigenvalue weighted by Gasteiger charge is -2.26. The number of carbonyl (C=O) groups excluding carboxylic acids is 2. The highest BCUT2D eigenvalue weighted by atomic mass is 16.6. The van der Waals surface area contributed by atoms with Gasteiger partial charge in [-0.05, 0) is 53.8 Å². The molecule has 2 unspecified atom stereocenters. The summed E-state index contributed by atoms with van der Waals surface area (Å²) < 4.78 is 17.5. The van der Waals surface area contributed by atoms with Gasteiger partial charge >= 0.3 is 12.1 Å². The van der Waals surface area contributed by atoms with E-state index in [1.54, 1.807) is 0 Å². The van der Waals surface area contributed by atoms with Crippen LogP contribution in [0.2, 0.25) is 0 Å². The molecule has 0 radical (unpaired) electrons. The van der Waals surface area contributed by atoms with Gasteiger partial charge in [0, 0.05) is 12.0 Å². The summed E-state index contributed by atoms with van der Waals surface area (Å²) in [5.74, 6) is 0.302. The van der Waals surface area contributed by atoms with Crippen molar-refractivity contribution in [1.82, 2.24) is 4.90 Å². The first-order valence-corrected chi connectivity index (χ1v) is 13.0. The van der Waals surface area contributed by atoms with Crippen molar-refractivity contribution in [3.8, 4) is 5.75 Å². The Morgan fingerprint density at radius 2 is 1.33 bits per heavy atom. The van der Waals surface area contributed by atoms with E-state index < -0.39 is 24.3 Å². The van der Waals surface area contributed by atoms with E-state index in [1.165, 1.54) is 4.90 Å². The Kier molecular flexibility index (Phi) is 7.92. The number of esters is 1. The zero-order valence-electron chi connectivity index (χ0n) is 22.1. The highest BCUT2D eigenvalue weighted by Crippen LogP contribution is 2.35. The minimum atomic E-state index is -0.860. The molecule has 1 heterocycles. The van der Waals surface area contributed by atoms with Crippen LogP contribution in [-0.4, -0.2) is 23.0 Å². The van der Waals surface area contributed by atoms with Crippen molar-refractivity contribution in [2.24, 2.45) is 0 Å². The normalized spacial score (nSPS) is 16.6. The van der Waals surface area contributed by atoms with E-state index in [0.29, 0.717) is 18.6 Å². The van der Waals surface area contributed by atoms with Crippen molar-refractivity contribution in [2.75, 3.05) is 0 Å². The van der Waals surface area contributed by atoms with Crippen molar-refractivity contribution >= 4 is 12.1 Å². The average molecular weight is 522 g/mol. The molecule has 0 bridgehead atoms. The molecule has 1 aliphatic rings. The maximum Gasteiger partial charge on any atom is 0.414 e. The van der Waals surface area contributed by atoms with Gasteiger partial charge in [0.25, 0.3) is 0 Å². The molecule has 2 atom stereocenters. The molecule has 0 N–H and O–H groups in total. The minimum Gasteiger partial charge on any atom is -0.489 e. The first-order valence-electron chi connectivity index (χ1n) is 13.0. The Morgan fingerprint density at radius 3 is 1.92 bits per heavy atom. The van der Waals surface area contributed by atoms with Crippen molar-refractivity contribution in [3.63, 3.8) is 0 Å². The highest BCUT2D eigenvalue weighted by molar-refractivity contribution is 5.85. The molecule has 6 heteroatoms. The van der Waals surface area contributed by atoms with E-state index >= 15 is 0 Å². The van der Waals surface area contributed by atoms with Gasteiger partial charge in [-0.1, -0.05) is 91.0 Å². The van der Waals surface area contributed by atoms with Gasteiger partial charge in [0.1, 0.15) is 25.0 Å². The van der Waals surface area contributed by atoms with Gasteiger partial charge in [0.2, 0.25) is 6.23 Å². The fourth-order valence-corrected chi connectivity index (χ4v) is 4.86. The largest absolute Gasteiger partial charge is 0.489 e. The fourth-order valence-electron chi connectivity index (χ4n) is 4.86. The van der Waals surface area contributed by atoms with Crippen molar-refractivity contribution in [1.29, 1.82) is 0 Å². The zero-order valence-corrected chi connectivity index (χ0v) is 22.1. The second kappa shape index (κ2) is 11.9. The molecule has 1 amide bonds. The number of amides is 1. The summed E-state index contributed by atoms with van der Waals surface area (Å²) in [4.78, 5) is 28.1. The van der Waals surface area contributed by atoms with Gasteiger partial charge in [-0.3, -0.25) is 4.90 Å². The van der Waals surface area contributed by atoms with E-state index in [-0.39, 0.29) is 6.61 Å². The molecule has 0 spiro atoms. The molecule has 0 saturated carbocycles. The highest BCUT2D eigenvalue weighted by Gasteiger charge is 2.47. The first-order chi connectivity index (χ1) is 19.0. The van der Waals surface area contributed by atoms with Gasteiger partial charge in [-0.25, -0.2) is 9.59 Å². The molecule has 5 rings (SSSR count). The molecule has 0 aliphatic carbocycles. The SMILES string of the molecule is Cc1cc(OCc2ccccc2)cc(C)c1CC1C(=O)OC(c2ccccc2)N1C(=O)OCc1ccccc1. The van der Waals surface area contributed by atoms with Crippen LogP contribution in [0.25, 0.3) is 0 Å². The fraction of sp³-hybridized carbons (Fsp3) is 0.212. The van der Waals surface area contributed by atoms with Crippen LogP contribution >= 0.6 is 0 Å². The van der Waals surface area contributed by atoms with E-state index in [1.807, 2.05) is 117 Å². The number of hydrogen-bond donors (Lipinski definition) is 0. The lowest BCUT2D eigenvalue weighted by atomic mass is 9.95. The standard InChI is InChI=1S/C33H31NO5/c1-23-18-28(37-21-25-12-6-3-7-13-25)19-24(2)29(23)20-30-32(35)39-31(27-16-10-5-11-17-27)34(30)33(36)38-22-26-14-8-4-9-15-26/h3-19,30-31H,20-22H2,1-2H3. The molecule has 198 valence electrons. The van der Waals surface area contributed by atoms with Gasteiger partial charge in [0.15, 0.2) is 0 Å². The van der Waals surface area contributed by atoms with Crippen LogP contribution in [0.15, 0.2) is 103 Å². The van der Waals surface area contributed by atoms with Gasteiger partial charge in [-0.15, -0.1) is 0 Å². The summed E-state index contributed by atoms with van der Waals surface area (Å²) in [6.45, 7) is 4.55. The third-order valence-corrected chi connectivity index (χ3v) is 6.90. The molecule has 1 fully saturated rings. The Balaban J connectivity index is 1.37. The van der Waals surface area contributed by atoms with Gasteiger partial charge < -0.3 is 14.2 Å². The lowest BCUT2D eigenvalue weighted by Crippen LogP contribution is -2.41. The number of carbonyl (C=O) groups is 2. The Bertz CT molecular complexity index is 1400. The first kappa shape index (κ1) is 26.0.